The SMILES string of the molecule is Cn1c(NC(=O)c2cccc(C3(C)CCSC(N)=N3)c2)nc2ccccc21. The highest BCUT2D eigenvalue weighted by atomic mass is 32.2. The van der Waals surface area contributed by atoms with Gasteiger partial charge in [-0.25, -0.2) is 4.98 Å². The van der Waals surface area contributed by atoms with Crippen LogP contribution in [0.15, 0.2) is 53.5 Å². The fourth-order valence-corrected chi connectivity index (χ4v) is 4.30. The van der Waals surface area contributed by atoms with Gasteiger partial charge in [0.05, 0.1) is 16.6 Å². The minimum absolute atomic E-state index is 0.194. The Bertz CT molecular complexity index is 1060. The number of aryl methyl sites for hydroxylation is 1. The van der Waals surface area contributed by atoms with Gasteiger partial charge in [-0.1, -0.05) is 36.0 Å². The monoisotopic (exact) mass is 379 g/mol. The van der Waals surface area contributed by atoms with Crippen molar-refractivity contribution in [3.8, 4) is 0 Å². The number of nitrogens with one attached hydrogen (secondary N) is 1. The molecule has 0 radical (unpaired) electrons. The molecule has 1 aromatic heterocycles. The number of amidine groups is 1. The summed E-state index contributed by atoms with van der Waals surface area (Å²) in [6, 6.07) is 15.4. The number of rotatable bonds is 3. The topological polar surface area (TPSA) is 85.3 Å². The van der Waals surface area contributed by atoms with E-state index < -0.39 is 5.54 Å². The Balaban J connectivity index is 1.63. The predicted molar refractivity (Wildman–Crippen MR) is 111 cm³/mol. The summed E-state index contributed by atoms with van der Waals surface area (Å²) >= 11 is 1.57. The van der Waals surface area contributed by atoms with Crippen molar-refractivity contribution in [2.45, 2.75) is 18.9 Å². The third-order valence-electron chi connectivity index (χ3n) is 4.95. The first-order chi connectivity index (χ1) is 13.0. The Morgan fingerprint density at radius 3 is 2.85 bits per heavy atom. The lowest BCUT2D eigenvalue weighted by Crippen LogP contribution is -2.29. The number of carbonyl (C=O) groups excluding carboxylic acids is 1. The number of benzene rings is 2. The number of aromatic nitrogens is 2. The van der Waals surface area contributed by atoms with Gasteiger partial charge in [-0.15, -0.1) is 0 Å². The van der Waals surface area contributed by atoms with Gasteiger partial charge in [0.25, 0.3) is 5.91 Å². The van der Waals surface area contributed by atoms with Crippen LogP contribution >= 0.6 is 11.8 Å². The molecule has 6 nitrogen and oxygen atoms in total. The third kappa shape index (κ3) is 3.30. The molecule has 1 aliphatic rings. The van der Waals surface area contributed by atoms with Crippen LogP contribution in [0.4, 0.5) is 5.95 Å². The molecule has 138 valence electrons. The molecule has 2 aromatic carbocycles. The number of nitrogens with zero attached hydrogens (tertiary/aromatic N) is 3. The van der Waals surface area contributed by atoms with E-state index in [1.807, 2.05) is 54.1 Å². The van der Waals surface area contributed by atoms with Crippen LogP contribution in [-0.4, -0.2) is 26.4 Å². The fraction of sp³-hybridized carbons (Fsp3) is 0.250. The van der Waals surface area contributed by atoms with Gasteiger partial charge in [-0.2, -0.15) is 0 Å². The molecule has 0 saturated carbocycles. The van der Waals surface area contributed by atoms with Crippen LogP contribution in [0.2, 0.25) is 0 Å². The van der Waals surface area contributed by atoms with E-state index in [1.165, 1.54) is 0 Å². The number of para-hydroxylation sites is 2. The Morgan fingerprint density at radius 2 is 2.07 bits per heavy atom. The van der Waals surface area contributed by atoms with Crippen LogP contribution in [0.3, 0.4) is 0 Å². The number of fused-ring (bicyclic) bond motifs is 1. The zero-order valence-corrected chi connectivity index (χ0v) is 16.1. The summed E-state index contributed by atoms with van der Waals surface area (Å²) in [5, 5.41) is 3.51. The van der Waals surface area contributed by atoms with Crippen LogP contribution in [-0.2, 0) is 12.6 Å². The van der Waals surface area contributed by atoms with Gasteiger partial charge < -0.3 is 10.3 Å². The van der Waals surface area contributed by atoms with E-state index in [2.05, 4.69) is 22.2 Å². The van der Waals surface area contributed by atoms with Crippen molar-refractivity contribution in [3.63, 3.8) is 0 Å². The van der Waals surface area contributed by atoms with E-state index in [0.29, 0.717) is 16.7 Å². The maximum absolute atomic E-state index is 12.8. The van der Waals surface area contributed by atoms with Crippen LogP contribution in [0.1, 0.15) is 29.3 Å². The molecule has 0 saturated heterocycles. The lowest BCUT2D eigenvalue weighted by Gasteiger charge is -2.30. The van der Waals surface area contributed by atoms with Crippen LogP contribution < -0.4 is 11.1 Å². The maximum atomic E-state index is 12.8. The molecule has 4 rings (SSSR count). The Hall–Kier alpha value is -2.80. The van der Waals surface area contributed by atoms with E-state index in [-0.39, 0.29) is 5.91 Å². The van der Waals surface area contributed by atoms with Crippen LogP contribution in [0, 0.1) is 0 Å². The van der Waals surface area contributed by atoms with Gasteiger partial charge in [0.15, 0.2) is 5.17 Å². The maximum Gasteiger partial charge on any atom is 0.257 e. The Morgan fingerprint density at radius 1 is 1.26 bits per heavy atom. The number of aliphatic imine (C=N–C) groups is 1. The first kappa shape index (κ1) is 17.6. The molecular weight excluding hydrogens is 358 g/mol. The second-order valence-electron chi connectivity index (χ2n) is 6.84. The standard InChI is InChI=1S/C20H21N5OS/c1-20(10-11-27-18(21)24-20)14-7-5-6-13(12-14)17(26)23-19-22-15-8-3-4-9-16(15)25(19)2/h3-9,12H,10-11H2,1-2H3,(H2,21,24)(H,22,23,26). The molecule has 27 heavy (non-hydrogen) atoms. The molecule has 1 unspecified atom stereocenters. The van der Waals surface area contributed by atoms with Crippen molar-refractivity contribution in [1.82, 2.24) is 9.55 Å². The average molecular weight is 379 g/mol. The largest absolute Gasteiger partial charge is 0.379 e. The van der Waals surface area contributed by atoms with Crippen molar-refractivity contribution < 1.29 is 4.79 Å². The highest BCUT2D eigenvalue weighted by molar-refractivity contribution is 8.13. The van der Waals surface area contributed by atoms with Gasteiger partial charge in [0, 0.05) is 18.4 Å². The summed E-state index contributed by atoms with van der Waals surface area (Å²) in [4.78, 5) is 21.9. The van der Waals surface area contributed by atoms with E-state index in [4.69, 9.17) is 5.73 Å². The fourth-order valence-electron chi connectivity index (χ4n) is 3.32. The van der Waals surface area contributed by atoms with E-state index in [1.54, 1.807) is 17.8 Å². The summed E-state index contributed by atoms with van der Waals surface area (Å²) in [6.45, 7) is 2.06. The number of thioether (sulfide) groups is 1. The van der Waals surface area contributed by atoms with E-state index >= 15 is 0 Å². The first-order valence-corrected chi connectivity index (χ1v) is 9.76. The van der Waals surface area contributed by atoms with Gasteiger partial charge in [0.2, 0.25) is 5.95 Å². The summed E-state index contributed by atoms with van der Waals surface area (Å²) < 4.78 is 1.88. The van der Waals surface area contributed by atoms with Crippen molar-refractivity contribution in [2.24, 2.45) is 17.8 Å². The second-order valence-corrected chi connectivity index (χ2v) is 7.96. The van der Waals surface area contributed by atoms with Gasteiger partial charge in [0.1, 0.15) is 0 Å². The molecule has 0 fully saturated rings. The normalized spacial score (nSPS) is 19.7. The molecular formula is C20H21N5OS. The minimum atomic E-state index is -0.399. The van der Waals surface area contributed by atoms with Crippen molar-refractivity contribution >= 4 is 39.8 Å². The van der Waals surface area contributed by atoms with Crippen LogP contribution in [0.5, 0.6) is 0 Å². The number of carbonyl (C=O) groups is 1. The Labute approximate surface area is 161 Å². The predicted octanol–water partition coefficient (Wildman–Crippen LogP) is 3.49. The highest BCUT2D eigenvalue weighted by Crippen LogP contribution is 2.35. The minimum Gasteiger partial charge on any atom is -0.379 e. The van der Waals surface area contributed by atoms with E-state index in [0.717, 1.165) is 28.8 Å². The Kier molecular flexibility index (Phi) is 4.39. The highest BCUT2D eigenvalue weighted by Gasteiger charge is 2.30. The van der Waals surface area contributed by atoms with Gasteiger partial charge >= 0.3 is 0 Å². The lowest BCUT2D eigenvalue weighted by atomic mass is 9.89. The van der Waals surface area contributed by atoms with Crippen molar-refractivity contribution in [2.75, 3.05) is 11.1 Å². The number of hydrogen-bond acceptors (Lipinski definition) is 5. The molecule has 1 amide bonds. The summed E-state index contributed by atoms with van der Waals surface area (Å²) in [5.74, 6) is 1.25. The number of imidazole rings is 1. The molecule has 7 heteroatoms. The second kappa shape index (κ2) is 6.74. The summed E-state index contributed by atoms with van der Waals surface area (Å²) in [6.07, 6.45) is 0.883. The molecule has 0 spiro atoms. The molecule has 1 aliphatic heterocycles. The van der Waals surface area contributed by atoms with E-state index in [9.17, 15) is 4.79 Å². The number of nitrogens with two attached hydrogens (primary N) is 1. The zero-order valence-electron chi connectivity index (χ0n) is 15.3. The molecule has 2 heterocycles. The molecule has 3 aromatic rings. The third-order valence-corrected chi connectivity index (χ3v) is 5.75. The smallest absolute Gasteiger partial charge is 0.257 e. The van der Waals surface area contributed by atoms with Gasteiger partial charge in [-0.05, 0) is 43.2 Å². The van der Waals surface area contributed by atoms with Crippen molar-refractivity contribution in [3.05, 3.63) is 59.7 Å². The lowest BCUT2D eigenvalue weighted by molar-refractivity contribution is 0.102. The quantitative estimate of drug-likeness (QED) is 0.729. The van der Waals surface area contributed by atoms with Crippen LogP contribution in [0.25, 0.3) is 11.0 Å². The van der Waals surface area contributed by atoms with Crippen molar-refractivity contribution in [1.29, 1.82) is 0 Å². The van der Waals surface area contributed by atoms with Gasteiger partial charge in [-0.3, -0.25) is 15.1 Å². The molecule has 0 bridgehead atoms. The molecule has 0 aliphatic carbocycles. The molecule has 3 N–H and O–H groups in total. The number of anilines is 1. The summed E-state index contributed by atoms with van der Waals surface area (Å²) in [5.41, 5.74) is 8.91. The average Bonchev–Trinajstić information content (AvgIpc) is 2.98. The zero-order chi connectivity index (χ0) is 19.0. The first-order valence-electron chi connectivity index (χ1n) is 8.78. The number of hydrogen-bond donors (Lipinski definition) is 2. The number of amides is 1. The molecule has 1 atom stereocenters. The summed E-state index contributed by atoms with van der Waals surface area (Å²) in [7, 11) is 1.89.